The van der Waals surface area contributed by atoms with E-state index in [1.807, 2.05) is 0 Å². The third-order valence-corrected chi connectivity index (χ3v) is 5.06. The fourth-order valence-electron chi connectivity index (χ4n) is 3.33. The van der Waals surface area contributed by atoms with Crippen molar-refractivity contribution in [1.82, 2.24) is 16.1 Å². The number of hydroxylamine groups is 1. The van der Waals surface area contributed by atoms with Gasteiger partial charge in [0, 0.05) is 11.6 Å². The summed E-state index contributed by atoms with van der Waals surface area (Å²) < 4.78 is 13.6. The Hall–Kier alpha value is -4.30. The van der Waals surface area contributed by atoms with Crippen LogP contribution in [0.4, 0.5) is 9.18 Å². The normalized spacial score (nSPS) is 11.6. The number of hydrogen-bond donors (Lipinski definition) is 4. The van der Waals surface area contributed by atoms with Crippen LogP contribution in [0.25, 0.3) is 6.08 Å². The molecule has 34 heavy (non-hydrogen) atoms. The van der Waals surface area contributed by atoms with E-state index in [1.165, 1.54) is 29.8 Å². The number of hydrogen-bond acceptors (Lipinski definition) is 4. The van der Waals surface area contributed by atoms with Crippen molar-refractivity contribution in [3.63, 3.8) is 0 Å². The minimum atomic E-state index is -0.654. The van der Waals surface area contributed by atoms with Gasteiger partial charge in [0.25, 0.3) is 11.8 Å². The number of urea groups is 1. The zero-order chi connectivity index (χ0) is 24.3. The van der Waals surface area contributed by atoms with Gasteiger partial charge < -0.3 is 5.32 Å². The molecule has 3 aromatic rings. The van der Waals surface area contributed by atoms with Crippen LogP contribution in [-0.2, 0) is 11.2 Å². The third kappa shape index (κ3) is 7.39. The molecule has 0 aliphatic carbocycles. The van der Waals surface area contributed by atoms with E-state index in [2.05, 4.69) is 10.6 Å². The fraction of sp³-hybridized carbons (Fsp3) is 0.115. The number of aryl methyl sites for hydroxylation is 1. The first-order valence-corrected chi connectivity index (χ1v) is 10.6. The standard InChI is InChI=1S/C26H24FN3O4/c27-22-8-4-5-19(17-22)11-15-23(20-13-9-18(10-14-20)12-16-24(31)30-34)28-26(33)29-25(32)21-6-2-1-3-7-21/h1-10,12-14,16-17,23,34H,11,15H2,(H,30,31)(H2,28,29,32,33). The molecule has 0 aromatic heterocycles. The van der Waals surface area contributed by atoms with Gasteiger partial charge in [-0.15, -0.1) is 0 Å². The van der Waals surface area contributed by atoms with Gasteiger partial charge >= 0.3 is 6.03 Å². The average molecular weight is 461 g/mol. The Bertz CT molecular complexity index is 1160. The molecule has 0 heterocycles. The molecule has 0 aliphatic rings. The van der Waals surface area contributed by atoms with E-state index in [4.69, 9.17) is 5.21 Å². The van der Waals surface area contributed by atoms with Crippen LogP contribution in [0, 0.1) is 5.82 Å². The second kappa shape index (κ2) is 12.1. The summed E-state index contributed by atoms with van der Waals surface area (Å²) in [5.41, 5.74) is 4.13. The van der Waals surface area contributed by atoms with Crippen LogP contribution in [-0.4, -0.2) is 23.1 Å². The predicted molar refractivity (Wildman–Crippen MR) is 125 cm³/mol. The Labute approximate surface area is 196 Å². The maximum absolute atomic E-state index is 13.6. The first-order valence-electron chi connectivity index (χ1n) is 10.6. The molecule has 4 amide bonds. The van der Waals surface area contributed by atoms with Crippen molar-refractivity contribution in [3.8, 4) is 0 Å². The van der Waals surface area contributed by atoms with Crippen molar-refractivity contribution < 1.29 is 24.0 Å². The molecule has 0 saturated carbocycles. The van der Waals surface area contributed by atoms with Crippen LogP contribution < -0.4 is 16.1 Å². The van der Waals surface area contributed by atoms with Crippen molar-refractivity contribution in [1.29, 1.82) is 0 Å². The van der Waals surface area contributed by atoms with Gasteiger partial charge in [0.05, 0.1) is 6.04 Å². The minimum absolute atomic E-state index is 0.337. The van der Waals surface area contributed by atoms with E-state index >= 15 is 0 Å². The molecular formula is C26H24FN3O4. The maximum Gasteiger partial charge on any atom is 0.322 e. The molecule has 7 nitrogen and oxygen atoms in total. The summed E-state index contributed by atoms with van der Waals surface area (Å²) in [5, 5.41) is 13.7. The van der Waals surface area contributed by atoms with E-state index < -0.39 is 23.9 Å². The number of amides is 4. The number of carbonyl (C=O) groups excluding carboxylic acids is 3. The Morgan fingerprint density at radius 3 is 2.35 bits per heavy atom. The molecule has 1 atom stereocenters. The summed E-state index contributed by atoms with van der Waals surface area (Å²) in [6, 6.07) is 20.6. The molecule has 0 fully saturated rings. The van der Waals surface area contributed by atoms with Crippen LogP contribution in [0.1, 0.15) is 39.5 Å². The van der Waals surface area contributed by atoms with Crippen LogP contribution in [0.3, 0.4) is 0 Å². The van der Waals surface area contributed by atoms with E-state index in [9.17, 15) is 18.8 Å². The van der Waals surface area contributed by atoms with Gasteiger partial charge in [-0.2, -0.15) is 0 Å². The second-order valence-corrected chi connectivity index (χ2v) is 7.49. The Kier molecular flexibility index (Phi) is 8.65. The Balaban J connectivity index is 1.73. The maximum atomic E-state index is 13.6. The van der Waals surface area contributed by atoms with Gasteiger partial charge in [0.15, 0.2) is 0 Å². The minimum Gasteiger partial charge on any atom is -0.331 e. The van der Waals surface area contributed by atoms with Crippen molar-refractivity contribution in [2.24, 2.45) is 0 Å². The summed E-state index contributed by atoms with van der Waals surface area (Å²) in [7, 11) is 0. The predicted octanol–water partition coefficient (Wildman–Crippen LogP) is 4.16. The highest BCUT2D eigenvalue weighted by atomic mass is 19.1. The lowest BCUT2D eigenvalue weighted by Gasteiger charge is -2.20. The average Bonchev–Trinajstić information content (AvgIpc) is 2.86. The summed E-state index contributed by atoms with van der Waals surface area (Å²) in [4.78, 5) is 36.0. The van der Waals surface area contributed by atoms with E-state index in [0.29, 0.717) is 24.0 Å². The topological polar surface area (TPSA) is 108 Å². The number of carbonyl (C=O) groups is 3. The zero-order valence-electron chi connectivity index (χ0n) is 18.2. The molecular weight excluding hydrogens is 437 g/mol. The number of nitrogens with one attached hydrogen (secondary N) is 3. The highest BCUT2D eigenvalue weighted by Gasteiger charge is 2.17. The monoisotopic (exact) mass is 461 g/mol. The van der Waals surface area contributed by atoms with Crippen LogP contribution in [0.5, 0.6) is 0 Å². The quantitative estimate of drug-likeness (QED) is 0.230. The van der Waals surface area contributed by atoms with Crippen molar-refractivity contribution >= 4 is 23.9 Å². The molecule has 3 rings (SSSR count). The Morgan fingerprint density at radius 1 is 0.941 bits per heavy atom. The van der Waals surface area contributed by atoms with Crippen LogP contribution in [0.2, 0.25) is 0 Å². The smallest absolute Gasteiger partial charge is 0.322 e. The number of halogens is 1. The second-order valence-electron chi connectivity index (χ2n) is 7.49. The van der Waals surface area contributed by atoms with Crippen molar-refractivity contribution in [2.75, 3.05) is 0 Å². The SMILES string of the molecule is O=C(C=Cc1ccc(C(CCc2cccc(F)c2)NC(=O)NC(=O)c2ccccc2)cc1)NO. The summed E-state index contributed by atoms with van der Waals surface area (Å²) in [6.45, 7) is 0. The molecule has 0 saturated heterocycles. The van der Waals surface area contributed by atoms with Crippen LogP contribution >= 0.6 is 0 Å². The summed E-state index contributed by atoms with van der Waals surface area (Å²) in [6.07, 6.45) is 3.65. The molecule has 174 valence electrons. The van der Waals surface area contributed by atoms with E-state index in [0.717, 1.165) is 11.1 Å². The highest BCUT2D eigenvalue weighted by Crippen LogP contribution is 2.21. The molecule has 8 heteroatoms. The number of imide groups is 1. The van der Waals surface area contributed by atoms with Crippen molar-refractivity contribution in [3.05, 3.63) is 113 Å². The third-order valence-electron chi connectivity index (χ3n) is 5.06. The van der Waals surface area contributed by atoms with E-state index in [1.54, 1.807) is 66.7 Å². The molecule has 4 N–H and O–H groups in total. The lowest BCUT2D eigenvalue weighted by molar-refractivity contribution is -0.124. The van der Waals surface area contributed by atoms with Gasteiger partial charge in [0.1, 0.15) is 5.82 Å². The highest BCUT2D eigenvalue weighted by molar-refractivity contribution is 6.04. The first kappa shape index (κ1) is 24.3. The molecule has 3 aromatic carbocycles. The molecule has 1 unspecified atom stereocenters. The summed E-state index contributed by atoms with van der Waals surface area (Å²) >= 11 is 0. The van der Waals surface area contributed by atoms with Crippen LogP contribution in [0.15, 0.2) is 84.9 Å². The molecule has 0 spiro atoms. The fourth-order valence-corrected chi connectivity index (χ4v) is 3.33. The van der Waals surface area contributed by atoms with Crippen molar-refractivity contribution in [2.45, 2.75) is 18.9 Å². The molecule has 0 aliphatic heterocycles. The Morgan fingerprint density at radius 2 is 1.68 bits per heavy atom. The zero-order valence-corrected chi connectivity index (χ0v) is 18.2. The first-order chi connectivity index (χ1) is 16.4. The van der Waals surface area contributed by atoms with Gasteiger partial charge in [0.2, 0.25) is 0 Å². The number of rotatable bonds is 8. The molecule has 0 bridgehead atoms. The summed E-state index contributed by atoms with van der Waals surface area (Å²) in [5.74, 6) is -1.51. The van der Waals surface area contributed by atoms with Gasteiger partial charge in [-0.05, 0) is 59.9 Å². The van der Waals surface area contributed by atoms with Gasteiger partial charge in [-0.1, -0.05) is 54.6 Å². The van der Waals surface area contributed by atoms with Gasteiger partial charge in [-0.3, -0.25) is 20.1 Å². The lowest BCUT2D eigenvalue weighted by atomic mass is 9.98. The van der Waals surface area contributed by atoms with E-state index in [-0.39, 0.29) is 5.82 Å². The number of benzene rings is 3. The van der Waals surface area contributed by atoms with Gasteiger partial charge in [-0.25, -0.2) is 14.7 Å². The lowest BCUT2D eigenvalue weighted by Crippen LogP contribution is -2.41. The molecule has 0 radical (unpaired) electrons. The largest absolute Gasteiger partial charge is 0.331 e.